The van der Waals surface area contributed by atoms with Gasteiger partial charge in [0.25, 0.3) is 0 Å². The third-order valence-corrected chi connectivity index (χ3v) is 4.20. The molecular formula is C19H30O2. The van der Waals surface area contributed by atoms with Crippen molar-refractivity contribution in [1.82, 2.24) is 0 Å². The first-order chi connectivity index (χ1) is 9.86. The molecule has 118 valence electrons. The van der Waals surface area contributed by atoms with Crippen molar-refractivity contribution in [3.8, 4) is 5.75 Å². The van der Waals surface area contributed by atoms with Gasteiger partial charge in [0.15, 0.2) is 0 Å². The summed E-state index contributed by atoms with van der Waals surface area (Å²) in [6.45, 7) is 13.9. The monoisotopic (exact) mass is 290 g/mol. The fraction of sp³-hybridized carbons (Fsp3) is 0.684. The fourth-order valence-corrected chi connectivity index (χ4v) is 3.00. The number of rotatable bonds is 6. The number of ether oxygens (including phenoxy) is 2. The molecule has 1 saturated heterocycles. The molecule has 1 aromatic carbocycles. The van der Waals surface area contributed by atoms with Gasteiger partial charge >= 0.3 is 0 Å². The largest absolute Gasteiger partial charge is 0.493 e. The van der Waals surface area contributed by atoms with Gasteiger partial charge in [0, 0.05) is 5.56 Å². The number of hydrogen-bond acceptors (Lipinski definition) is 2. The fourth-order valence-electron chi connectivity index (χ4n) is 3.00. The van der Waals surface area contributed by atoms with E-state index in [2.05, 4.69) is 53.7 Å². The highest BCUT2D eigenvalue weighted by atomic mass is 16.6. The van der Waals surface area contributed by atoms with Crippen molar-refractivity contribution >= 4 is 0 Å². The van der Waals surface area contributed by atoms with E-state index >= 15 is 0 Å². The van der Waals surface area contributed by atoms with E-state index in [4.69, 9.17) is 9.47 Å². The smallest absolute Gasteiger partial charge is 0.126 e. The van der Waals surface area contributed by atoms with E-state index in [0.717, 1.165) is 31.6 Å². The van der Waals surface area contributed by atoms with Crippen molar-refractivity contribution in [3.05, 3.63) is 28.8 Å². The number of hydrogen-bond donors (Lipinski definition) is 0. The first kappa shape index (κ1) is 16.4. The molecule has 0 bridgehead atoms. The van der Waals surface area contributed by atoms with Gasteiger partial charge in [-0.05, 0) is 44.1 Å². The zero-order valence-electron chi connectivity index (χ0n) is 14.5. The van der Waals surface area contributed by atoms with E-state index in [-0.39, 0.29) is 5.41 Å². The van der Waals surface area contributed by atoms with Crippen LogP contribution in [0.5, 0.6) is 5.75 Å². The second-order valence-corrected chi connectivity index (χ2v) is 7.14. The lowest BCUT2D eigenvalue weighted by Crippen LogP contribution is -2.15. The molecule has 2 atom stereocenters. The Labute approximate surface area is 129 Å². The molecule has 1 aromatic rings. The summed E-state index contributed by atoms with van der Waals surface area (Å²) in [5.41, 5.74) is 4.09. The maximum Gasteiger partial charge on any atom is 0.126 e. The molecule has 0 amide bonds. The minimum absolute atomic E-state index is 0.104. The molecule has 21 heavy (non-hydrogen) atoms. The van der Waals surface area contributed by atoms with Crippen LogP contribution >= 0.6 is 0 Å². The molecule has 2 nitrogen and oxygen atoms in total. The molecule has 0 spiro atoms. The van der Waals surface area contributed by atoms with E-state index < -0.39 is 0 Å². The molecule has 1 fully saturated rings. The molecule has 1 aliphatic heterocycles. The molecule has 1 aliphatic rings. The second-order valence-electron chi connectivity index (χ2n) is 7.14. The third-order valence-electron chi connectivity index (χ3n) is 4.20. The van der Waals surface area contributed by atoms with Crippen molar-refractivity contribution in [3.63, 3.8) is 0 Å². The predicted octanol–water partition coefficient (Wildman–Crippen LogP) is 4.80. The number of epoxide rings is 1. The van der Waals surface area contributed by atoms with E-state index in [1.54, 1.807) is 0 Å². The average Bonchev–Trinajstić information content (AvgIpc) is 3.16. The lowest BCUT2D eigenvalue weighted by molar-refractivity contribution is 0.324. The van der Waals surface area contributed by atoms with Gasteiger partial charge in [0.1, 0.15) is 5.75 Å². The Morgan fingerprint density at radius 2 is 1.86 bits per heavy atom. The van der Waals surface area contributed by atoms with Gasteiger partial charge in [-0.1, -0.05) is 45.4 Å². The summed E-state index contributed by atoms with van der Waals surface area (Å²) in [6.07, 6.45) is 4.23. The highest BCUT2D eigenvalue weighted by molar-refractivity contribution is 5.48. The summed E-state index contributed by atoms with van der Waals surface area (Å²) >= 11 is 0. The van der Waals surface area contributed by atoms with Crippen molar-refractivity contribution < 1.29 is 9.47 Å². The van der Waals surface area contributed by atoms with Crippen LogP contribution in [0, 0.1) is 6.92 Å². The van der Waals surface area contributed by atoms with Gasteiger partial charge in [-0.2, -0.15) is 0 Å². The average molecular weight is 290 g/mol. The molecule has 2 rings (SSSR count). The van der Waals surface area contributed by atoms with Crippen LogP contribution in [0.4, 0.5) is 0 Å². The Bertz CT molecular complexity index is 485. The van der Waals surface area contributed by atoms with Crippen LogP contribution in [0.25, 0.3) is 0 Å². The minimum atomic E-state index is 0.104. The van der Waals surface area contributed by atoms with Crippen LogP contribution in [0.15, 0.2) is 12.1 Å². The highest BCUT2D eigenvalue weighted by Crippen LogP contribution is 2.37. The van der Waals surface area contributed by atoms with Gasteiger partial charge in [0.05, 0.1) is 18.8 Å². The predicted molar refractivity (Wildman–Crippen MR) is 88.3 cm³/mol. The topological polar surface area (TPSA) is 21.8 Å². The van der Waals surface area contributed by atoms with Gasteiger partial charge < -0.3 is 9.47 Å². The van der Waals surface area contributed by atoms with Crippen LogP contribution < -0.4 is 4.74 Å². The van der Waals surface area contributed by atoms with Crippen LogP contribution in [-0.4, -0.2) is 18.8 Å². The van der Waals surface area contributed by atoms with Crippen molar-refractivity contribution in [1.29, 1.82) is 0 Å². The first-order valence-corrected chi connectivity index (χ1v) is 8.29. The molecule has 0 N–H and O–H groups in total. The quantitative estimate of drug-likeness (QED) is 0.702. The first-order valence-electron chi connectivity index (χ1n) is 8.29. The second kappa shape index (κ2) is 6.39. The summed E-state index contributed by atoms with van der Waals surface area (Å²) in [5, 5.41) is 0. The Kier molecular flexibility index (Phi) is 4.98. The Morgan fingerprint density at radius 3 is 2.38 bits per heavy atom. The lowest BCUT2D eigenvalue weighted by atomic mass is 9.83. The van der Waals surface area contributed by atoms with E-state index in [1.807, 2.05) is 0 Å². The minimum Gasteiger partial charge on any atom is -0.493 e. The molecule has 2 unspecified atom stereocenters. The summed E-state index contributed by atoms with van der Waals surface area (Å²) < 4.78 is 11.7. The zero-order chi connectivity index (χ0) is 15.6. The van der Waals surface area contributed by atoms with Crippen LogP contribution in [-0.2, 0) is 16.6 Å². The van der Waals surface area contributed by atoms with Crippen LogP contribution in [0.3, 0.4) is 0 Å². The van der Waals surface area contributed by atoms with Gasteiger partial charge in [-0.3, -0.25) is 0 Å². The highest BCUT2D eigenvalue weighted by Gasteiger charge is 2.36. The molecule has 0 aromatic heterocycles. The zero-order valence-corrected chi connectivity index (χ0v) is 14.5. The van der Waals surface area contributed by atoms with Gasteiger partial charge in [-0.25, -0.2) is 0 Å². The Balaban J connectivity index is 2.23. The van der Waals surface area contributed by atoms with E-state index in [0.29, 0.717) is 12.2 Å². The Morgan fingerprint density at radius 1 is 1.14 bits per heavy atom. The van der Waals surface area contributed by atoms with Crippen molar-refractivity contribution in [2.75, 3.05) is 6.61 Å². The standard InChI is InChI=1S/C19H30O2/c1-7-16-17(21-16)10-9-14-11-13(3)12-15(19(4,5)6)18(14)20-8-2/h11-12,16-17H,7-10H2,1-6H3. The van der Waals surface area contributed by atoms with Crippen LogP contribution in [0.2, 0.25) is 0 Å². The maximum atomic E-state index is 6.01. The molecule has 0 radical (unpaired) electrons. The summed E-state index contributed by atoms with van der Waals surface area (Å²) in [5.74, 6) is 1.10. The molecule has 2 heteroatoms. The third kappa shape index (κ3) is 4.00. The van der Waals surface area contributed by atoms with Gasteiger partial charge in [0.2, 0.25) is 0 Å². The molecular weight excluding hydrogens is 260 g/mol. The molecule has 0 saturated carbocycles. The SMILES string of the molecule is CCOc1c(CCC2OC2CC)cc(C)cc1C(C)(C)C. The lowest BCUT2D eigenvalue weighted by Gasteiger charge is -2.25. The number of benzene rings is 1. The van der Waals surface area contributed by atoms with E-state index in [1.165, 1.54) is 16.7 Å². The maximum absolute atomic E-state index is 6.01. The summed E-state index contributed by atoms with van der Waals surface area (Å²) in [6, 6.07) is 4.56. The summed E-state index contributed by atoms with van der Waals surface area (Å²) in [7, 11) is 0. The van der Waals surface area contributed by atoms with Crippen LogP contribution in [0.1, 0.15) is 64.2 Å². The number of aryl methyl sites for hydroxylation is 2. The summed E-state index contributed by atoms with van der Waals surface area (Å²) in [4.78, 5) is 0. The molecule has 0 aliphatic carbocycles. The molecule has 1 heterocycles. The Hall–Kier alpha value is -1.02. The van der Waals surface area contributed by atoms with Crippen molar-refractivity contribution in [2.45, 2.75) is 78.4 Å². The van der Waals surface area contributed by atoms with E-state index in [9.17, 15) is 0 Å². The van der Waals surface area contributed by atoms with Gasteiger partial charge in [-0.15, -0.1) is 0 Å². The normalized spacial score (nSPS) is 21.4. The van der Waals surface area contributed by atoms with Crippen molar-refractivity contribution in [2.24, 2.45) is 0 Å².